The van der Waals surface area contributed by atoms with E-state index in [0.717, 1.165) is 45.0 Å². The van der Waals surface area contributed by atoms with Crippen molar-refractivity contribution in [3.63, 3.8) is 0 Å². The van der Waals surface area contributed by atoms with E-state index in [1.807, 2.05) is 32.1 Å². The lowest BCUT2D eigenvalue weighted by atomic mass is 9.84. The Morgan fingerprint density at radius 1 is 0.718 bits per heavy atom. The van der Waals surface area contributed by atoms with Crippen molar-refractivity contribution < 1.29 is 42.4 Å². The molecule has 484 valence electrons. The molecule has 2 aliphatic rings. The van der Waals surface area contributed by atoms with Crippen LogP contribution in [0.3, 0.4) is 0 Å². The van der Waals surface area contributed by atoms with E-state index in [2.05, 4.69) is 222 Å². The minimum absolute atomic E-state index is 0.0168. The Morgan fingerprint density at radius 3 is 1.60 bits per heavy atom. The molecule has 0 spiro atoms. The molecule has 9 nitrogen and oxygen atoms in total. The molecular formula is C75H126O9Si. The summed E-state index contributed by atoms with van der Waals surface area (Å²) in [6.45, 7) is 59.7. The van der Waals surface area contributed by atoms with Gasteiger partial charge >= 0.3 is 5.97 Å². The van der Waals surface area contributed by atoms with Gasteiger partial charge in [-0.25, -0.2) is 0 Å². The van der Waals surface area contributed by atoms with Gasteiger partial charge in [-0.05, 0) is 116 Å². The first kappa shape index (κ1) is 81.0. The topological polar surface area (TPSA) is 102 Å². The lowest BCUT2D eigenvalue weighted by Gasteiger charge is -2.43. The van der Waals surface area contributed by atoms with Crippen LogP contribution in [0.1, 0.15) is 177 Å². The van der Waals surface area contributed by atoms with E-state index < -0.39 is 8.32 Å². The molecule has 2 saturated heterocycles. The smallest absolute Gasteiger partial charge is 0.308 e. The number of carbonyl (C=O) groups excluding carboxylic acids is 2. The van der Waals surface area contributed by atoms with Crippen molar-refractivity contribution in [2.75, 3.05) is 35.0 Å². The van der Waals surface area contributed by atoms with E-state index in [0.29, 0.717) is 71.9 Å². The van der Waals surface area contributed by atoms with E-state index in [-0.39, 0.29) is 46.9 Å². The highest BCUT2D eigenvalue weighted by Crippen LogP contribution is 2.48. The molecule has 14 atom stereocenters. The van der Waals surface area contributed by atoms with Gasteiger partial charge in [-0.3, -0.25) is 4.79 Å². The van der Waals surface area contributed by atoms with Crippen molar-refractivity contribution in [3.05, 3.63) is 134 Å². The summed E-state index contributed by atoms with van der Waals surface area (Å²) in [5.74, 6) is 4.27. The Morgan fingerprint density at radius 2 is 1.21 bits per heavy atom. The first-order valence-electron chi connectivity index (χ1n) is 31.8. The number of allylic oxidation sites excluding steroid dienone is 5. The summed E-state index contributed by atoms with van der Waals surface area (Å²) in [7, 11) is 4.33. The third-order valence-electron chi connectivity index (χ3n) is 16.6. The van der Waals surface area contributed by atoms with Gasteiger partial charge in [0.2, 0.25) is 0 Å². The molecule has 0 bridgehead atoms. The molecule has 4 rings (SSSR count). The lowest BCUT2D eigenvalue weighted by Crippen LogP contribution is -2.66. The average molecular weight is 1200 g/mol. The van der Waals surface area contributed by atoms with Crippen LogP contribution < -0.4 is 10.4 Å². The fourth-order valence-electron chi connectivity index (χ4n) is 12.5. The number of hydrogen-bond acceptors (Lipinski definition) is 9. The van der Waals surface area contributed by atoms with Gasteiger partial charge in [-0.2, -0.15) is 0 Å². The Labute approximate surface area is 523 Å². The summed E-state index contributed by atoms with van der Waals surface area (Å²) in [6, 6.07) is 21.7. The van der Waals surface area contributed by atoms with E-state index in [9.17, 15) is 9.59 Å². The molecule has 85 heavy (non-hydrogen) atoms. The number of epoxide rings is 1. The van der Waals surface area contributed by atoms with Crippen LogP contribution in [0.25, 0.3) is 0 Å². The molecule has 2 aliphatic heterocycles. The van der Waals surface area contributed by atoms with Crippen LogP contribution in [0.15, 0.2) is 134 Å². The van der Waals surface area contributed by atoms with Crippen LogP contribution in [0.2, 0.25) is 5.04 Å². The van der Waals surface area contributed by atoms with Crippen molar-refractivity contribution >= 4 is 30.9 Å². The van der Waals surface area contributed by atoms with Crippen LogP contribution in [0.4, 0.5) is 0 Å². The van der Waals surface area contributed by atoms with Crippen LogP contribution in [-0.4, -0.2) is 97.8 Å². The molecule has 0 saturated carbocycles. The van der Waals surface area contributed by atoms with Gasteiger partial charge in [-0.1, -0.05) is 220 Å². The third-order valence-corrected chi connectivity index (χ3v) is 21.6. The Bertz CT molecular complexity index is 2210. The zero-order chi connectivity index (χ0) is 65.4. The largest absolute Gasteiger partial charge is 0.469 e. The van der Waals surface area contributed by atoms with Gasteiger partial charge in [0.05, 0.1) is 55.8 Å². The maximum Gasteiger partial charge on any atom is 0.308 e. The van der Waals surface area contributed by atoms with E-state index >= 15 is 0 Å². The van der Waals surface area contributed by atoms with Gasteiger partial charge in [0, 0.05) is 51.6 Å². The molecule has 0 aromatic heterocycles. The van der Waals surface area contributed by atoms with Gasteiger partial charge in [-0.15, -0.1) is 19.7 Å². The zero-order valence-corrected chi connectivity index (χ0v) is 59.4. The van der Waals surface area contributed by atoms with Crippen molar-refractivity contribution in [2.24, 2.45) is 59.2 Å². The molecule has 2 aromatic rings. The first-order chi connectivity index (χ1) is 39.7. The number of esters is 1. The summed E-state index contributed by atoms with van der Waals surface area (Å²) >= 11 is 0. The van der Waals surface area contributed by atoms with Gasteiger partial charge in [0.15, 0.2) is 0 Å². The summed E-state index contributed by atoms with van der Waals surface area (Å²) < 4.78 is 39.9. The van der Waals surface area contributed by atoms with Crippen LogP contribution in [0.5, 0.6) is 0 Å². The maximum absolute atomic E-state index is 11.2. The monoisotopic (exact) mass is 1200 g/mol. The number of rotatable bonds is 29. The second kappa shape index (κ2) is 41.3. The van der Waals surface area contributed by atoms with Crippen molar-refractivity contribution in [2.45, 2.75) is 224 Å². The number of carbonyl (C=O) groups is 2. The molecule has 2 fully saturated rings. The van der Waals surface area contributed by atoms with E-state index in [1.165, 1.54) is 34.2 Å². The standard InChI is InChI=1S/C23H32OSi.C15H28O2.C14H22O3.C14H26O2.C9H18O/c1-19(2)17-20(3)18-24-25(23(4,5)6,21-13-9-7-10-14-21)22-15-11-8-12-16-22;1-8-11(4)9-15(6)14(17-15)12(5)13(16-7)10(2)3;1-5-6-10(2)14-11(3)7-8-12(17-14)9-13(15)16-4;1-10(2)14(16-6)13(5)8-11(3)7-12(4)9-15;1-6-8(4)9(10-5)7(2)3/h7-16,20H,1,17-18H2,2-6H3;8,10-14H,1,9H2,2-7H3;5-6,11-12,14H,1,7-9H2,2-4H3;8-10,12-14H,7H2,1-6H3;6-9H,1H2,2-5H3/b;;10-6+;11-8+;/t20-;11-,12-,13+,14-,15+;11-,12+,14+;12-,13-,14-;8-,9-/m01000/s1. The Hall–Kier alpha value is -4.00. The number of ether oxygens (including phenoxy) is 6. The van der Waals surface area contributed by atoms with E-state index in [4.69, 9.17) is 28.1 Å². The van der Waals surface area contributed by atoms with Crippen molar-refractivity contribution in [1.29, 1.82) is 0 Å². The summed E-state index contributed by atoms with van der Waals surface area (Å²) in [4.78, 5) is 21.8. The second-order valence-corrected chi connectivity index (χ2v) is 31.5. The van der Waals surface area contributed by atoms with Crippen molar-refractivity contribution in [3.8, 4) is 0 Å². The SMILES string of the molecule is C=C(C)C[C@H](C)CO[Si](c1ccccc1)(c1ccccc1)C(C)(C)C.C=C/C=C(\C)[C@H]1O[C@@H](CC(=O)OC)CC[C@@H]1C.C=C[C@@H](C)C[C@]1(C)O[C@@H]1[C@H](C)[C@@H](OC)C(C)C.C=C[C@H](C)[C@@H](OC)C(C)C.CO[C@@H](C(C)C)[C@@H](C)/C=C(\C)C[C@H](C)C=O. The predicted octanol–water partition coefficient (Wildman–Crippen LogP) is 17.6. The molecule has 0 amide bonds. The Balaban J connectivity index is 0.00000107. The molecule has 2 aromatic carbocycles. The van der Waals surface area contributed by atoms with Crippen LogP contribution in [0, 0.1) is 59.2 Å². The molecule has 0 unspecified atom stereocenters. The van der Waals surface area contributed by atoms with Crippen molar-refractivity contribution in [1.82, 2.24) is 0 Å². The quantitative estimate of drug-likeness (QED) is 0.0197. The first-order valence-corrected chi connectivity index (χ1v) is 33.7. The summed E-state index contributed by atoms with van der Waals surface area (Å²) in [5, 5.41) is 2.73. The van der Waals surface area contributed by atoms with Crippen LogP contribution >= 0.6 is 0 Å². The zero-order valence-electron chi connectivity index (χ0n) is 58.4. The molecular weight excluding hydrogens is 1070 g/mol. The molecule has 2 heterocycles. The van der Waals surface area contributed by atoms with Gasteiger partial charge < -0.3 is 37.6 Å². The highest BCUT2D eigenvalue weighted by molar-refractivity contribution is 6.99. The number of aldehydes is 1. The fourth-order valence-corrected chi connectivity index (χ4v) is 17.2. The fraction of sp³-hybridized carbons (Fsp3) is 0.653. The second-order valence-electron chi connectivity index (χ2n) is 27.1. The Kier molecular flexibility index (Phi) is 39.3. The van der Waals surface area contributed by atoms with Crippen LogP contribution in [-0.2, 0) is 42.4 Å². The predicted molar refractivity (Wildman–Crippen MR) is 365 cm³/mol. The number of methoxy groups -OCH3 is 4. The van der Waals surface area contributed by atoms with E-state index in [1.54, 1.807) is 27.4 Å². The highest BCUT2D eigenvalue weighted by atomic mass is 28.4. The maximum atomic E-state index is 11.2. The number of hydrogen-bond donors (Lipinski definition) is 0. The summed E-state index contributed by atoms with van der Waals surface area (Å²) in [6.07, 6.45) is 17.5. The van der Waals surface area contributed by atoms with Gasteiger partial charge in [0.1, 0.15) is 6.29 Å². The number of benzene rings is 2. The normalized spacial score (nSPS) is 22.0. The molecule has 0 radical (unpaired) electrons. The highest BCUT2D eigenvalue weighted by Gasteiger charge is 2.56. The summed E-state index contributed by atoms with van der Waals surface area (Å²) in [5.41, 5.74) is 3.69. The van der Waals surface area contributed by atoms with Gasteiger partial charge in [0.25, 0.3) is 8.32 Å². The third kappa shape index (κ3) is 28.4. The minimum Gasteiger partial charge on any atom is -0.469 e. The lowest BCUT2D eigenvalue weighted by molar-refractivity contribution is -0.147. The average Bonchev–Trinajstić information content (AvgIpc) is 2.69. The molecule has 0 aliphatic carbocycles. The molecule has 10 heteroatoms. The molecule has 0 N–H and O–H groups in total. The minimum atomic E-state index is -2.39.